The van der Waals surface area contributed by atoms with Gasteiger partial charge in [-0.05, 0) is 29.3 Å². The summed E-state index contributed by atoms with van der Waals surface area (Å²) in [6.07, 6.45) is 3.13. The zero-order valence-electron chi connectivity index (χ0n) is 8.89. The molecule has 0 aliphatic heterocycles. The Balaban J connectivity index is 2.46. The number of pyridine rings is 1. The first-order valence-corrected chi connectivity index (χ1v) is 4.99. The number of hydrogen-bond acceptors (Lipinski definition) is 3. The van der Waals surface area contributed by atoms with Crippen molar-refractivity contribution in [2.24, 2.45) is 0 Å². The third kappa shape index (κ3) is 2.30. The van der Waals surface area contributed by atoms with Crippen LogP contribution in [0.25, 0.3) is 11.1 Å². The zero-order valence-corrected chi connectivity index (χ0v) is 8.89. The second-order valence-corrected chi connectivity index (χ2v) is 3.55. The van der Waals surface area contributed by atoms with Gasteiger partial charge in [-0.3, -0.25) is 4.98 Å². The fourth-order valence-corrected chi connectivity index (χ4v) is 1.52. The van der Waals surface area contributed by atoms with Crippen LogP contribution in [0, 0.1) is 17.1 Å². The Morgan fingerprint density at radius 1 is 1.24 bits per heavy atom. The molecule has 17 heavy (non-hydrogen) atoms. The summed E-state index contributed by atoms with van der Waals surface area (Å²) in [4.78, 5) is 3.96. The average molecular weight is 228 g/mol. The molecule has 0 bridgehead atoms. The highest BCUT2D eigenvalue weighted by Crippen LogP contribution is 2.21. The van der Waals surface area contributed by atoms with Crippen molar-refractivity contribution in [1.82, 2.24) is 4.98 Å². The molecule has 3 nitrogen and oxygen atoms in total. The molecule has 0 saturated carbocycles. The fraction of sp³-hybridized carbons (Fsp3) is 0.0769. The van der Waals surface area contributed by atoms with E-state index in [0.717, 1.165) is 0 Å². The highest BCUT2D eigenvalue weighted by molar-refractivity contribution is 5.64. The van der Waals surface area contributed by atoms with Gasteiger partial charge in [-0.2, -0.15) is 5.26 Å². The van der Waals surface area contributed by atoms with Crippen LogP contribution in [0.5, 0.6) is 0 Å². The van der Waals surface area contributed by atoms with E-state index in [4.69, 9.17) is 10.4 Å². The Morgan fingerprint density at radius 3 is 2.71 bits per heavy atom. The SMILES string of the molecule is N#Cc1ccc(-c2cncc(CO)c2)cc1F. The van der Waals surface area contributed by atoms with Crippen molar-refractivity contribution in [3.05, 3.63) is 53.6 Å². The normalized spacial score (nSPS) is 9.94. The van der Waals surface area contributed by atoms with E-state index in [1.807, 2.05) is 0 Å². The van der Waals surface area contributed by atoms with E-state index in [0.29, 0.717) is 16.7 Å². The molecule has 2 aromatic rings. The van der Waals surface area contributed by atoms with Crippen LogP contribution in [0.2, 0.25) is 0 Å². The van der Waals surface area contributed by atoms with E-state index in [1.165, 1.54) is 12.1 Å². The maximum atomic E-state index is 13.4. The molecule has 0 aliphatic rings. The number of benzene rings is 1. The number of aliphatic hydroxyl groups is 1. The van der Waals surface area contributed by atoms with Crippen molar-refractivity contribution in [2.45, 2.75) is 6.61 Å². The average Bonchev–Trinajstić information content (AvgIpc) is 2.38. The van der Waals surface area contributed by atoms with Crippen LogP contribution in [-0.2, 0) is 6.61 Å². The van der Waals surface area contributed by atoms with Gasteiger partial charge in [0.1, 0.15) is 11.9 Å². The van der Waals surface area contributed by atoms with Gasteiger partial charge in [-0.1, -0.05) is 6.07 Å². The summed E-state index contributed by atoms with van der Waals surface area (Å²) in [5, 5.41) is 17.6. The van der Waals surface area contributed by atoms with E-state index >= 15 is 0 Å². The predicted molar refractivity (Wildman–Crippen MR) is 60.3 cm³/mol. The molecule has 0 amide bonds. The lowest BCUT2D eigenvalue weighted by Gasteiger charge is -2.04. The van der Waals surface area contributed by atoms with Gasteiger partial charge >= 0.3 is 0 Å². The van der Waals surface area contributed by atoms with Crippen molar-refractivity contribution in [2.75, 3.05) is 0 Å². The summed E-state index contributed by atoms with van der Waals surface area (Å²) in [6, 6.07) is 7.86. The third-order valence-corrected chi connectivity index (χ3v) is 2.40. The van der Waals surface area contributed by atoms with Crippen molar-refractivity contribution in [3.63, 3.8) is 0 Å². The summed E-state index contributed by atoms with van der Waals surface area (Å²) in [6.45, 7) is -0.112. The molecule has 84 valence electrons. The van der Waals surface area contributed by atoms with Crippen molar-refractivity contribution in [3.8, 4) is 17.2 Å². The van der Waals surface area contributed by atoms with E-state index in [1.54, 1.807) is 30.6 Å². The minimum absolute atomic E-state index is 0.0139. The van der Waals surface area contributed by atoms with Crippen LogP contribution in [-0.4, -0.2) is 10.1 Å². The van der Waals surface area contributed by atoms with E-state index < -0.39 is 5.82 Å². The van der Waals surface area contributed by atoms with Crippen molar-refractivity contribution < 1.29 is 9.50 Å². The second kappa shape index (κ2) is 4.73. The maximum absolute atomic E-state index is 13.4. The molecule has 1 N–H and O–H groups in total. The molecule has 0 saturated heterocycles. The Hall–Kier alpha value is -2.25. The molecule has 0 aliphatic carbocycles. The quantitative estimate of drug-likeness (QED) is 0.857. The molecule has 4 heteroatoms. The molecule has 0 unspecified atom stereocenters. The van der Waals surface area contributed by atoms with Crippen LogP contribution in [0.15, 0.2) is 36.7 Å². The van der Waals surface area contributed by atoms with Crippen molar-refractivity contribution in [1.29, 1.82) is 5.26 Å². The topological polar surface area (TPSA) is 56.9 Å². The fourth-order valence-electron chi connectivity index (χ4n) is 1.52. The summed E-state index contributed by atoms with van der Waals surface area (Å²) in [5.74, 6) is -0.556. The van der Waals surface area contributed by atoms with Gasteiger partial charge in [0, 0.05) is 18.0 Å². The third-order valence-electron chi connectivity index (χ3n) is 2.40. The van der Waals surface area contributed by atoms with Gasteiger partial charge in [0.2, 0.25) is 0 Å². The highest BCUT2D eigenvalue weighted by Gasteiger charge is 2.05. The van der Waals surface area contributed by atoms with Crippen LogP contribution < -0.4 is 0 Å². The van der Waals surface area contributed by atoms with Gasteiger partial charge in [0.15, 0.2) is 0 Å². The first kappa shape index (κ1) is 11.2. The van der Waals surface area contributed by atoms with E-state index in [2.05, 4.69) is 4.98 Å². The Bertz CT molecular complexity index is 590. The maximum Gasteiger partial charge on any atom is 0.141 e. The number of aromatic nitrogens is 1. The lowest BCUT2D eigenvalue weighted by atomic mass is 10.0. The molecule has 1 heterocycles. The zero-order chi connectivity index (χ0) is 12.3. The van der Waals surface area contributed by atoms with Gasteiger partial charge in [-0.15, -0.1) is 0 Å². The van der Waals surface area contributed by atoms with Crippen LogP contribution >= 0.6 is 0 Å². The molecule has 2 rings (SSSR count). The minimum Gasteiger partial charge on any atom is -0.392 e. The number of aliphatic hydroxyl groups excluding tert-OH is 1. The molecule has 0 fully saturated rings. The van der Waals surface area contributed by atoms with E-state index in [-0.39, 0.29) is 12.2 Å². The van der Waals surface area contributed by atoms with Gasteiger partial charge in [0.25, 0.3) is 0 Å². The molecule has 0 spiro atoms. The Morgan fingerprint density at radius 2 is 2.06 bits per heavy atom. The summed E-state index contributed by atoms with van der Waals surface area (Å²) < 4.78 is 13.4. The van der Waals surface area contributed by atoms with Crippen LogP contribution in [0.1, 0.15) is 11.1 Å². The molecular weight excluding hydrogens is 219 g/mol. The second-order valence-electron chi connectivity index (χ2n) is 3.55. The minimum atomic E-state index is -0.556. The smallest absolute Gasteiger partial charge is 0.141 e. The summed E-state index contributed by atoms with van der Waals surface area (Å²) >= 11 is 0. The Kier molecular flexibility index (Phi) is 3.12. The largest absolute Gasteiger partial charge is 0.392 e. The Labute approximate surface area is 97.8 Å². The van der Waals surface area contributed by atoms with Crippen molar-refractivity contribution >= 4 is 0 Å². The first-order valence-electron chi connectivity index (χ1n) is 4.99. The first-order chi connectivity index (χ1) is 8.24. The standard InChI is InChI=1S/C13H9FN2O/c14-13-4-10(1-2-11(13)5-15)12-3-9(8-17)6-16-7-12/h1-4,6-7,17H,8H2. The number of nitrogens with zero attached hydrogens (tertiary/aromatic N) is 2. The summed E-state index contributed by atoms with van der Waals surface area (Å²) in [5.41, 5.74) is 2.01. The predicted octanol–water partition coefficient (Wildman–Crippen LogP) is 2.25. The number of nitriles is 1. The lowest BCUT2D eigenvalue weighted by Crippen LogP contribution is -1.89. The molecular formula is C13H9FN2O. The number of halogens is 1. The van der Waals surface area contributed by atoms with Crippen LogP contribution in [0.4, 0.5) is 4.39 Å². The van der Waals surface area contributed by atoms with Gasteiger partial charge in [0.05, 0.1) is 12.2 Å². The number of rotatable bonds is 2. The summed E-state index contributed by atoms with van der Waals surface area (Å²) in [7, 11) is 0. The molecule has 0 radical (unpaired) electrons. The monoisotopic (exact) mass is 228 g/mol. The molecule has 1 aromatic heterocycles. The van der Waals surface area contributed by atoms with Gasteiger partial charge < -0.3 is 5.11 Å². The number of hydrogen-bond donors (Lipinski definition) is 1. The van der Waals surface area contributed by atoms with Gasteiger partial charge in [-0.25, -0.2) is 4.39 Å². The molecule has 0 atom stereocenters. The molecule has 1 aromatic carbocycles. The van der Waals surface area contributed by atoms with Crippen LogP contribution in [0.3, 0.4) is 0 Å². The highest BCUT2D eigenvalue weighted by atomic mass is 19.1. The van der Waals surface area contributed by atoms with E-state index in [9.17, 15) is 4.39 Å². The lowest BCUT2D eigenvalue weighted by molar-refractivity contribution is 0.281.